The molecule has 0 saturated carbocycles. The number of amides is 1. The Morgan fingerprint density at radius 3 is 2.66 bits per heavy atom. The lowest BCUT2D eigenvalue weighted by Gasteiger charge is -2.20. The summed E-state index contributed by atoms with van der Waals surface area (Å²) in [6.07, 6.45) is 3.90. The first-order valence-corrected chi connectivity index (χ1v) is 10.4. The summed E-state index contributed by atoms with van der Waals surface area (Å²) in [5.74, 6) is 0.844. The van der Waals surface area contributed by atoms with E-state index in [1.54, 1.807) is 17.0 Å². The van der Waals surface area contributed by atoms with Crippen LogP contribution in [0.25, 0.3) is 5.57 Å². The highest BCUT2D eigenvalue weighted by Gasteiger charge is 2.18. The van der Waals surface area contributed by atoms with Crippen LogP contribution >= 0.6 is 0 Å². The second kappa shape index (κ2) is 10.1. The lowest BCUT2D eigenvalue weighted by molar-refractivity contribution is 0.0772. The highest BCUT2D eigenvalue weighted by molar-refractivity contribution is 5.96. The number of rotatable bonds is 4. The number of aromatic hydroxyl groups is 1. The topological polar surface area (TPSA) is 61.8 Å². The van der Waals surface area contributed by atoms with Crippen molar-refractivity contribution in [2.45, 2.75) is 26.7 Å². The van der Waals surface area contributed by atoms with Gasteiger partial charge in [-0.05, 0) is 69.6 Å². The fraction of sp³-hybridized carbons (Fsp3) is 0.375. The van der Waals surface area contributed by atoms with Crippen molar-refractivity contribution in [1.82, 2.24) is 10.2 Å². The Kier molecular flexibility index (Phi) is 7.30. The molecule has 2 aromatic carbocycles. The number of hydrogen-bond acceptors (Lipinski definition) is 4. The van der Waals surface area contributed by atoms with Gasteiger partial charge in [0.25, 0.3) is 5.91 Å². The van der Waals surface area contributed by atoms with Crippen LogP contribution in [-0.2, 0) is 0 Å². The minimum absolute atomic E-state index is 0.0683. The molecule has 3 rings (SSSR count). The number of nitrogens with zero attached hydrogens (tertiary/aromatic N) is 1. The van der Waals surface area contributed by atoms with Gasteiger partial charge in [0.2, 0.25) is 0 Å². The number of phenols is 1. The summed E-state index contributed by atoms with van der Waals surface area (Å²) >= 11 is 0. The molecule has 0 unspecified atom stereocenters. The molecule has 0 aliphatic carbocycles. The number of nitrogens with one attached hydrogen (secondary N) is 1. The van der Waals surface area contributed by atoms with Gasteiger partial charge in [0.1, 0.15) is 11.5 Å². The third-order valence-electron chi connectivity index (χ3n) is 5.19. The van der Waals surface area contributed by atoms with Crippen LogP contribution in [0.4, 0.5) is 0 Å². The van der Waals surface area contributed by atoms with Crippen LogP contribution in [0, 0.1) is 0 Å². The second-order valence-electron chi connectivity index (χ2n) is 7.06. The highest BCUT2D eigenvalue weighted by Crippen LogP contribution is 2.36. The average Bonchev–Trinajstić information content (AvgIpc) is 2.78. The Morgan fingerprint density at radius 2 is 1.90 bits per heavy atom. The molecule has 154 valence electrons. The van der Waals surface area contributed by atoms with E-state index in [-0.39, 0.29) is 11.7 Å². The van der Waals surface area contributed by atoms with Gasteiger partial charge >= 0.3 is 0 Å². The maximum atomic E-state index is 12.6. The number of ether oxygens (including phenoxy) is 1. The first-order chi connectivity index (χ1) is 14.2. The van der Waals surface area contributed by atoms with E-state index >= 15 is 0 Å². The Hall–Kier alpha value is -2.79. The summed E-state index contributed by atoms with van der Waals surface area (Å²) < 4.78 is 6.01. The molecular formula is C24H30N2O3. The van der Waals surface area contributed by atoms with E-state index in [0.717, 1.165) is 42.8 Å². The first-order valence-electron chi connectivity index (χ1n) is 10.4. The van der Waals surface area contributed by atoms with Gasteiger partial charge in [0.15, 0.2) is 0 Å². The zero-order chi connectivity index (χ0) is 20.6. The molecule has 1 heterocycles. The van der Waals surface area contributed by atoms with Gasteiger partial charge in [-0.15, -0.1) is 0 Å². The smallest absolute Gasteiger partial charge is 0.253 e. The maximum absolute atomic E-state index is 12.6. The van der Waals surface area contributed by atoms with Crippen LogP contribution in [0.15, 0.2) is 48.5 Å². The van der Waals surface area contributed by atoms with Crippen molar-refractivity contribution in [2.75, 3.05) is 32.8 Å². The lowest BCUT2D eigenvalue weighted by atomic mass is 9.94. The number of carbonyl (C=O) groups excluding carboxylic acids is 1. The van der Waals surface area contributed by atoms with Crippen LogP contribution in [0.3, 0.4) is 0 Å². The molecule has 2 N–H and O–H groups in total. The zero-order valence-electron chi connectivity index (χ0n) is 17.3. The minimum Gasteiger partial charge on any atom is -0.507 e. The number of para-hydroxylation sites is 1. The van der Waals surface area contributed by atoms with E-state index < -0.39 is 0 Å². The first kappa shape index (κ1) is 20.9. The van der Waals surface area contributed by atoms with Crippen molar-refractivity contribution in [1.29, 1.82) is 0 Å². The normalized spacial score (nSPS) is 16.6. The van der Waals surface area contributed by atoms with Crippen LogP contribution < -0.4 is 10.1 Å². The van der Waals surface area contributed by atoms with Gasteiger partial charge in [0.05, 0.1) is 6.61 Å². The van der Waals surface area contributed by atoms with Crippen molar-refractivity contribution in [2.24, 2.45) is 0 Å². The Bertz CT molecular complexity index is 872. The van der Waals surface area contributed by atoms with Crippen LogP contribution in [0.1, 0.15) is 48.2 Å². The van der Waals surface area contributed by atoms with Crippen molar-refractivity contribution >= 4 is 11.5 Å². The number of fused-ring (bicyclic) bond motifs is 1. The van der Waals surface area contributed by atoms with Gasteiger partial charge in [-0.25, -0.2) is 0 Å². The quantitative estimate of drug-likeness (QED) is 0.821. The number of phenolic OH excluding ortho intramolecular Hbond substituents is 1. The molecule has 1 amide bonds. The average molecular weight is 395 g/mol. The highest BCUT2D eigenvalue weighted by atomic mass is 16.5. The summed E-state index contributed by atoms with van der Waals surface area (Å²) in [6.45, 7) is 7.60. The summed E-state index contributed by atoms with van der Waals surface area (Å²) in [6, 6.07) is 13.1. The van der Waals surface area contributed by atoms with E-state index in [1.807, 2.05) is 44.2 Å². The third-order valence-corrected chi connectivity index (χ3v) is 5.19. The van der Waals surface area contributed by atoms with Crippen LogP contribution in [0.2, 0.25) is 0 Å². The largest absolute Gasteiger partial charge is 0.507 e. The summed E-state index contributed by atoms with van der Waals surface area (Å²) in [5, 5.41) is 14.2. The molecule has 5 nitrogen and oxygen atoms in total. The van der Waals surface area contributed by atoms with E-state index in [4.69, 9.17) is 4.74 Å². The molecule has 0 bridgehead atoms. The SMILES string of the molecule is CCN(CC)C(=O)c1ccc(/C2=C/CCNCCCOc3ccccc32)c(O)c1. The monoisotopic (exact) mass is 394 g/mol. The van der Waals surface area contributed by atoms with Crippen molar-refractivity contribution in [3.8, 4) is 11.5 Å². The minimum atomic E-state index is -0.0683. The van der Waals surface area contributed by atoms with E-state index in [0.29, 0.717) is 30.8 Å². The number of hydrogen-bond donors (Lipinski definition) is 2. The predicted octanol–water partition coefficient (Wildman–Crippen LogP) is 4.07. The van der Waals surface area contributed by atoms with Gasteiger partial charge in [0, 0.05) is 29.8 Å². The zero-order valence-corrected chi connectivity index (χ0v) is 17.3. The molecule has 0 fully saturated rings. The number of benzene rings is 2. The fourth-order valence-corrected chi connectivity index (χ4v) is 3.59. The summed E-state index contributed by atoms with van der Waals surface area (Å²) in [5.41, 5.74) is 3.07. The molecule has 5 heteroatoms. The molecular weight excluding hydrogens is 364 g/mol. The number of carbonyl (C=O) groups is 1. The molecule has 0 spiro atoms. The van der Waals surface area contributed by atoms with Crippen molar-refractivity contribution in [3.05, 3.63) is 65.2 Å². The molecule has 1 aliphatic heterocycles. The Balaban J connectivity index is 2.01. The predicted molar refractivity (Wildman–Crippen MR) is 116 cm³/mol. The van der Waals surface area contributed by atoms with Crippen molar-refractivity contribution in [3.63, 3.8) is 0 Å². The molecule has 0 aromatic heterocycles. The van der Waals surface area contributed by atoms with E-state index in [9.17, 15) is 9.90 Å². The lowest BCUT2D eigenvalue weighted by Crippen LogP contribution is -2.30. The van der Waals surface area contributed by atoms with Crippen molar-refractivity contribution < 1.29 is 14.6 Å². The van der Waals surface area contributed by atoms with Gasteiger partial charge in [-0.1, -0.05) is 24.3 Å². The Labute approximate surface area is 173 Å². The maximum Gasteiger partial charge on any atom is 0.253 e. The van der Waals surface area contributed by atoms with Gasteiger partial charge in [-0.2, -0.15) is 0 Å². The molecule has 1 aliphatic rings. The van der Waals surface area contributed by atoms with Crippen LogP contribution in [-0.4, -0.2) is 48.7 Å². The van der Waals surface area contributed by atoms with E-state index in [1.165, 1.54) is 0 Å². The summed E-state index contributed by atoms with van der Waals surface area (Å²) in [7, 11) is 0. The molecule has 0 atom stereocenters. The molecule has 29 heavy (non-hydrogen) atoms. The van der Waals surface area contributed by atoms with E-state index in [2.05, 4.69) is 11.4 Å². The fourth-order valence-electron chi connectivity index (χ4n) is 3.59. The van der Waals surface area contributed by atoms with Gasteiger partial charge < -0.3 is 20.1 Å². The standard InChI is InChI=1S/C24H30N2O3/c1-3-26(4-2)24(28)18-12-13-20(22(27)17-18)19-10-7-14-25-15-8-16-29-23-11-6-5-9-21(19)23/h5-6,9-13,17,25,27H,3-4,7-8,14-16H2,1-2H3/b19-10-. The van der Waals surface area contributed by atoms with Gasteiger partial charge in [-0.3, -0.25) is 4.79 Å². The molecule has 0 radical (unpaired) electrons. The third kappa shape index (κ3) is 4.98. The molecule has 0 saturated heterocycles. The molecule has 2 aromatic rings. The summed E-state index contributed by atoms with van der Waals surface area (Å²) in [4.78, 5) is 14.4. The van der Waals surface area contributed by atoms with Crippen LogP contribution in [0.5, 0.6) is 11.5 Å². The second-order valence-corrected chi connectivity index (χ2v) is 7.06. The Morgan fingerprint density at radius 1 is 1.10 bits per heavy atom.